The molecule has 1 atom stereocenters. The number of hydrogen-bond acceptors (Lipinski definition) is 3. The summed E-state index contributed by atoms with van der Waals surface area (Å²) in [6, 6.07) is 18.6. The van der Waals surface area contributed by atoms with Gasteiger partial charge in [0.2, 0.25) is 0 Å². The number of anilines is 2. The summed E-state index contributed by atoms with van der Waals surface area (Å²) in [4.78, 5) is 4.49. The van der Waals surface area contributed by atoms with E-state index in [4.69, 9.17) is 5.73 Å². The number of pyridine rings is 1. The van der Waals surface area contributed by atoms with Crippen molar-refractivity contribution in [2.24, 2.45) is 0 Å². The Bertz CT molecular complexity index is 738. The van der Waals surface area contributed by atoms with E-state index in [1.807, 2.05) is 36.5 Å². The van der Waals surface area contributed by atoms with Crippen LogP contribution in [-0.4, -0.2) is 4.98 Å². The minimum atomic E-state index is 0.248. The first-order chi connectivity index (χ1) is 10.3. The summed E-state index contributed by atoms with van der Waals surface area (Å²) in [6.45, 7) is 2.17. The normalized spacial score (nSPS) is 12.2. The standard InChI is InChI=1S/C18H19N3/c1-2-16(13-7-4-3-5-8-13)21-17-12-15(19)11-14-9-6-10-20-18(14)17/h3-12,16,21H,2,19H2,1H3/t16-/m1/s1. The fourth-order valence-electron chi connectivity index (χ4n) is 2.62. The maximum Gasteiger partial charge on any atom is 0.0934 e. The lowest BCUT2D eigenvalue weighted by Crippen LogP contribution is -2.10. The van der Waals surface area contributed by atoms with Crippen molar-refractivity contribution < 1.29 is 0 Å². The van der Waals surface area contributed by atoms with Gasteiger partial charge in [0, 0.05) is 17.3 Å². The van der Waals surface area contributed by atoms with Crippen molar-refractivity contribution in [1.82, 2.24) is 4.98 Å². The van der Waals surface area contributed by atoms with Crippen LogP contribution in [0.1, 0.15) is 24.9 Å². The predicted molar refractivity (Wildman–Crippen MR) is 89.3 cm³/mol. The Kier molecular flexibility index (Phi) is 3.73. The molecule has 106 valence electrons. The van der Waals surface area contributed by atoms with Crippen molar-refractivity contribution in [2.75, 3.05) is 11.1 Å². The van der Waals surface area contributed by atoms with Gasteiger partial charge < -0.3 is 11.1 Å². The van der Waals surface area contributed by atoms with Gasteiger partial charge in [-0.25, -0.2) is 0 Å². The monoisotopic (exact) mass is 277 g/mol. The topological polar surface area (TPSA) is 50.9 Å². The van der Waals surface area contributed by atoms with Gasteiger partial charge in [0.05, 0.1) is 17.2 Å². The second-order valence-electron chi connectivity index (χ2n) is 5.16. The van der Waals surface area contributed by atoms with Gasteiger partial charge in [-0.3, -0.25) is 4.98 Å². The van der Waals surface area contributed by atoms with E-state index in [0.717, 1.165) is 28.7 Å². The molecule has 3 heteroatoms. The maximum absolute atomic E-state index is 6.01. The summed E-state index contributed by atoms with van der Waals surface area (Å²) in [7, 11) is 0. The number of rotatable bonds is 4. The number of nitrogen functional groups attached to an aromatic ring is 1. The van der Waals surface area contributed by atoms with E-state index in [-0.39, 0.29) is 6.04 Å². The largest absolute Gasteiger partial charge is 0.399 e. The van der Waals surface area contributed by atoms with E-state index < -0.39 is 0 Å². The first-order valence-corrected chi connectivity index (χ1v) is 7.23. The molecule has 0 spiro atoms. The van der Waals surface area contributed by atoms with Crippen molar-refractivity contribution in [1.29, 1.82) is 0 Å². The smallest absolute Gasteiger partial charge is 0.0934 e. The zero-order valence-electron chi connectivity index (χ0n) is 12.1. The van der Waals surface area contributed by atoms with Crippen molar-refractivity contribution in [3.8, 4) is 0 Å². The van der Waals surface area contributed by atoms with Gasteiger partial charge in [-0.15, -0.1) is 0 Å². The minimum absolute atomic E-state index is 0.248. The van der Waals surface area contributed by atoms with Crippen LogP contribution < -0.4 is 11.1 Å². The lowest BCUT2D eigenvalue weighted by molar-refractivity contribution is 0.750. The molecule has 0 aliphatic rings. The average molecular weight is 277 g/mol. The number of fused-ring (bicyclic) bond motifs is 1. The van der Waals surface area contributed by atoms with Crippen LogP contribution in [0.3, 0.4) is 0 Å². The molecule has 0 bridgehead atoms. The Morgan fingerprint density at radius 1 is 1.10 bits per heavy atom. The summed E-state index contributed by atoms with van der Waals surface area (Å²) in [5.41, 5.74) is 9.98. The number of hydrogen-bond donors (Lipinski definition) is 2. The Labute approximate surface area is 124 Å². The van der Waals surface area contributed by atoms with Gasteiger partial charge in [0.25, 0.3) is 0 Å². The van der Waals surface area contributed by atoms with Crippen molar-refractivity contribution in [3.63, 3.8) is 0 Å². The van der Waals surface area contributed by atoms with Gasteiger partial charge in [-0.05, 0) is 30.2 Å². The third kappa shape index (κ3) is 2.82. The Balaban J connectivity index is 2.00. The lowest BCUT2D eigenvalue weighted by Gasteiger charge is -2.20. The molecule has 3 aromatic rings. The molecular formula is C18H19N3. The molecule has 0 amide bonds. The molecule has 0 radical (unpaired) electrons. The summed E-state index contributed by atoms with van der Waals surface area (Å²) in [6.07, 6.45) is 2.81. The van der Waals surface area contributed by atoms with Crippen LogP contribution in [-0.2, 0) is 0 Å². The quantitative estimate of drug-likeness (QED) is 0.696. The molecule has 2 aromatic carbocycles. The van der Waals surface area contributed by atoms with Crippen molar-refractivity contribution >= 4 is 22.3 Å². The van der Waals surface area contributed by atoms with Gasteiger partial charge in [0.15, 0.2) is 0 Å². The summed E-state index contributed by atoms with van der Waals surface area (Å²) < 4.78 is 0. The van der Waals surface area contributed by atoms with Crippen molar-refractivity contribution in [3.05, 3.63) is 66.4 Å². The van der Waals surface area contributed by atoms with E-state index in [0.29, 0.717) is 0 Å². The molecule has 0 unspecified atom stereocenters. The van der Waals surface area contributed by atoms with Gasteiger partial charge in [0.1, 0.15) is 0 Å². The molecule has 3 rings (SSSR count). The van der Waals surface area contributed by atoms with Gasteiger partial charge in [-0.1, -0.05) is 43.3 Å². The zero-order chi connectivity index (χ0) is 14.7. The minimum Gasteiger partial charge on any atom is -0.399 e. The van der Waals surface area contributed by atoms with E-state index in [1.165, 1.54) is 5.56 Å². The molecule has 0 aliphatic carbocycles. The Hall–Kier alpha value is -2.55. The predicted octanol–water partition coefficient (Wildman–Crippen LogP) is 4.38. The number of aromatic nitrogens is 1. The number of nitrogens with two attached hydrogens (primary N) is 1. The summed E-state index contributed by atoms with van der Waals surface area (Å²) in [5.74, 6) is 0. The zero-order valence-corrected chi connectivity index (χ0v) is 12.1. The molecule has 0 saturated heterocycles. The van der Waals surface area contributed by atoms with Crippen LogP contribution in [0.2, 0.25) is 0 Å². The molecule has 0 saturated carbocycles. The highest BCUT2D eigenvalue weighted by atomic mass is 14.9. The summed E-state index contributed by atoms with van der Waals surface area (Å²) >= 11 is 0. The second kappa shape index (κ2) is 5.83. The fourth-order valence-corrected chi connectivity index (χ4v) is 2.62. The molecule has 3 N–H and O–H groups in total. The van der Waals surface area contributed by atoms with E-state index >= 15 is 0 Å². The van der Waals surface area contributed by atoms with E-state index in [1.54, 1.807) is 0 Å². The first-order valence-electron chi connectivity index (χ1n) is 7.23. The number of nitrogens with one attached hydrogen (secondary N) is 1. The van der Waals surface area contributed by atoms with Crippen molar-refractivity contribution in [2.45, 2.75) is 19.4 Å². The molecule has 0 fully saturated rings. The molecule has 1 heterocycles. The highest BCUT2D eigenvalue weighted by Gasteiger charge is 2.11. The Morgan fingerprint density at radius 3 is 2.67 bits per heavy atom. The molecule has 0 aliphatic heterocycles. The highest BCUT2D eigenvalue weighted by Crippen LogP contribution is 2.29. The van der Waals surface area contributed by atoms with Crippen LogP contribution in [0, 0.1) is 0 Å². The fraction of sp³-hybridized carbons (Fsp3) is 0.167. The van der Waals surface area contributed by atoms with Gasteiger partial charge >= 0.3 is 0 Å². The van der Waals surface area contributed by atoms with Crippen LogP contribution in [0.15, 0.2) is 60.8 Å². The lowest BCUT2D eigenvalue weighted by atomic mass is 10.0. The van der Waals surface area contributed by atoms with E-state index in [9.17, 15) is 0 Å². The molecular weight excluding hydrogens is 258 g/mol. The van der Waals surface area contributed by atoms with Crippen LogP contribution >= 0.6 is 0 Å². The molecule has 21 heavy (non-hydrogen) atoms. The van der Waals surface area contributed by atoms with Crippen LogP contribution in [0.5, 0.6) is 0 Å². The first kappa shape index (κ1) is 13.4. The third-order valence-electron chi connectivity index (χ3n) is 3.67. The Morgan fingerprint density at radius 2 is 1.90 bits per heavy atom. The van der Waals surface area contributed by atoms with E-state index in [2.05, 4.69) is 41.5 Å². The van der Waals surface area contributed by atoms with Gasteiger partial charge in [-0.2, -0.15) is 0 Å². The van der Waals surface area contributed by atoms with Crippen LogP contribution in [0.25, 0.3) is 10.9 Å². The average Bonchev–Trinajstić information content (AvgIpc) is 2.53. The second-order valence-corrected chi connectivity index (χ2v) is 5.16. The molecule has 1 aromatic heterocycles. The third-order valence-corrected chi connectivity index (χ3v) is 3.67. The number of benzene rings is 2. The summed E-state index contributed by atoms with van der Waals surface area (Å²) in [5, 5.41) is 4.64. The highest BCUT2D eigenvalue weighted by molar-refractivity contribution is 5.93. The maximum atomic E-state index is 6.01. The van der Waals surface area contributed by atoms with Crippen LogP contribution in [0.4, 0.5) is 11.4 Å². The number of nitrogens with zero attached hydrogens (tertiary/aromatic N) is 1. The SMILES string of the molecule is CC[C@@H](Nc1cc(N)cc2cccnc12)c1ccccc1. The molecule has 3 nitrogen and oxygen atoms in total.